The van der Waals surface area contributed by atoms with E-state index in [-0.39, 0.29) is 18.2 Å². The second-order valence-electron chi connectivity index (χ2n) is 4.41. The number of carboxylic acid groups (broad SMARTS) is 1. The number of carbonyl (C=O) groups excluding carboxylic acids is 1. The van der Waals surface area contributed by atoms with Crippen molar-refractivity contribution >= 4 is 11.9 Å². The first-order valence-electron chi connectivity index (χ1n) is 5.56. The van der Waals surface area contributed by atoms with E-state index in [4.69, 9.17) is 5.11 Å². The summed E-state index contributed by atoms with van der Waals surface area (Å²) in [5.74, 6) is -0.787. The lowest BCUT2D eigenvalue weighted by atomic mass is 10.1. The summed E-state index contributed by atoms with van der Waals surface area (Å²) in [5, 5.41) is 12.7. The van der Waals surface area contributed by atoms with Crippen molar-refractivity contribution in [3.8, 4) is 0 Å². The van der Waals surface area contributed by atoms with Crippen molar-refractivity contribution in [3.05, 3.63) is 18.0 Å². The van der Waals surface area contributed by atoms with Gasteiger partial charge in [-0.3, -0.25) is 14.3 Å². The zero-order valence-corrected chi connectivity index (χ0v) is 9.67. The predicted octanol–water partition coefficient (Wildman–Crippen LogP) is 0.357. The Morgan fingerprint density at radius 3 is 2.94 bits per heavy atom. The fourth-order valence-electron chi connectivity index (χ4n) is 2.14. The minimum absolute atomic E-state index is 0.0639. The zero-order chi connectivity index (χ0) is 12.4. The van der Waals surface area contributed by atoms with E-state index in [0.717, 1.165) is 6.42 Å². The Morgan fingerprint density at radius 2 is 2.35 bits per heavy atom. The van der Waals surface area contributed by atoms with E-state index in [1.54, 1.807) is 22.8 Å². The van der Waals surface area contributed by atoms with E-state index in [1.165, 1.54) is 6.20 Å². The van der Waals surface area contributed by atoms with Gasteiger partial charge in [0.15, 0.2) is 0 Å². The predicted molar refractivity (Wildman–Crippen MR) is 59.5 cm³/mol. The molecule has 1 fully saturated rings. The van der Waals surface area contributed by atoms with E-state index >= 15 is 0 Å². The number of nitrogens with zero attached hydrogens (tertiary/aromatic N) is 3. The van der Waals surface area contributed by atoms with Gasteiger partial charge in [-0.25, -0.2) is 0 Å². The van der Waals surface area contributed by atoms with Crippen LogP contribution in [0.2, 0.25) is 0 Å². The van der Waals surface area contributed by atoms with Gasteiger partial charge in [-0.1, -0.05) is 0 Å². The number of likely N-dealkylation sites (tertiary alicyclic amines) is 1. The molecule has 6 heteroatoms. The Kier molecular flexibility index (Phi) is 3.12. The van der Waals surface area contributed by atoms with Crippen molar-refractivity contribution in [3.63, 3.8) is 0 Å². The highest BCUT2D eigenvalue weighted by atomic mass is 16.4. The number of hydrogen-bond acceptors (Lipinski definition) is 3. The van der Waals surface area contributed by atoms with Crippen LogP contribution in [0.4, 0.5) is 0 Å². The molecule has 1 aromatic heterocycles. The molecule has 1 saturated heterocycles. The molecule has 0 aromatic carbocycles. The number of aliphatic carboxylic acids is 1. The number of amides is 1. The molecule has 1 aliphatic rings. The maximum atomic E-state index is 12.0. The van der Waals surface area contributed by atoms with Gasteiger partial charge in [0.05, 0.1) is 11.8 Å². The van der Waals surface area contributed by atoms with Gasteiger partial charge in [0.2, 0.25) is 0 Å². The largest absolute Gasteiger partial charge is 0.481 e. The van der Waals surface area contributed by atoms with Gasteiger partial charge >= 0.3 is 5.97 Å². The molecule has 17 heavy (non-hydrogen) atoms. The number of rotatable bonds is 3. The third-order valence-corrected chi connectivity index (χ3v) is 2.99. The van der Waals surface area contributed by atoms with E-state index in [2.05, 4.69) is 5.10 Å². The first-order chi connectivity index (χ1) is 8.06. The minimum Gasteiger partial charge on any atom is -0.481 e. The van der Waals surface area contributed by atoms with E-state index < -0.39 is 5.97 Å². The van der Waals surface area contributed by atoms with Crippen LogP contribution < -0.4 is 0 Å². The molecule has 1 aliphatic heterocycles. The molecule has 0 aliphatic carbocycles. The summed E-state index contributed by atoms with van der Waals surface area (Å²) in [4.78, 5) is 24.3. The highest BCUT2D eigenvalue weighted by Gasteiger charge is 2.28. The molecule has 1 N–H and O–H groups in total. The van der Waals surface area contributed by atoms with E-state index in [1.807, 2.05) is 0 Å². The minimum atomic E-state index is -0.800. The fourth-order valence-corrected chi connectivity index (χ4v) is 2.14. The lowest BCUT2D eigenvalue weighted by Gasteiger charge is -2.14. The normalized spacial score (nSPS) is 19.6. The molecule has 0 bridgehead atoms. The first kappa shape index (κ1) is 11.6. The number of aryl methyl sites for hydroxylation is 1. The molecule has 6 nitrogen and oxygen atoms in total. The monoisotopic (exact) mass is 237 g/mol. The standard InChI is InChI=1S/C11H15N3O3/c1-13-7-9(5-12-13)11(17)14-3-2-8(6-14)4-10(15)16/h5,7-8H,2-4,6H2,1H3,(H,15,16). The van der Waals surface area contributed by atoms with Crippen LogP contribution in [0.1, 0.15) is 23.2 Å². The molecular formula is C11H15N3O3. The molecule has 1 unspecified atom stereocenters. The van der Waals surface area contributed by atoms with Gasteiger partial charge in [0, 0.05) is 32.8 Å². The quantitative estimate of drug-likeness (QED) is 0.823. The van der Waals surface area contributed by atoms with Crippen molar-refractivity contribution in [1.29, 1.82) is 0 Å². The molecule has 92 valence electrons. The summed E-state index contributed by atoms with van der Waals surface area (Å²) >= 11 is 0. The summed E-state index contributed by atoms with van der Waals surface area (Å²) < 4.78 is 1.58. The lowest BCUT2D eigenvalue weighted by molar-refractivity contribution is -0.138. The maximum Gasteiger partial charge on any atom is 0.303 e. The molecule has 0 radical (unpaired) electrons. The lowest BCUT2D eigenvalue weighted by Crippen LogP contribution is -2.28. The molecule has 1 aromatic rings. The number of aromatic nitrogens is 2. The summed E-state index contributed by atoms with van der Waals surface area (Å²) in [6.07, 6.45) is 4.11. The SMILES string of the molecule is Cn1cc(C(=O)N2CCC(CC(=O)O)C2)cn1. The summed E-state index contributed by atoms with van der Waals surface area (Å²) in [6.45, 7) is 1.16. The highest BCUT2D eigenvalue weighted by Crippen LogP contribution is 2.21. The second-order valence-corrected chi connectivity index (χ2v) is 4.41. The summed E-state index contributed by atoms with van der Waals surface area (Å²) in [5.41, 5.74) is 0.559. The molecule has 2 rings (SSSR count). The average molecular weight is 237 g/mol. The van der Waals surface area contributed by atoms with Gasteiger partial charge in [-0.15, -0.1) is 0 Å². The molecule has 0 saturated carbocycles. The topological polar surface area (TPSA) is 75.4 Å². The second kappa shape index (κ2) is 4.57. The van der Waals surface area contributed by atoms with Crippen molar-refractivity contribution in [1.82, 2.24) is 14.7 Å². The van der Waals surface area contributed by atoms with Crippen LogP contribution >= 0.6 is 0 Å². The van der Waals surface area contributed by atoms with Crippen LogP contribution in [-0.2, 0) is 11.8 Å². The highest BCUT2D eigenvalue weighted by molar-refractivity contribution is 5.93. The van der Waals surface area contributed by atoms with Crippen LogP contribution in [0.5, 0.6) is 0 Å². The van der Waals surface area contributed by atoms with E-state index in [0.29, 0.717) is 18.7 Å². The van der Waals surface area contributed by atoms with Gasteiger partial charge in [0.1, 0.15) is 0 Å². The Labute approximate surface area is 98.8 Å². The van der Waals surface area contributed by atoms with Gasteiger partial charge in [0.25, 0.3) is 5.91 Å². The third-order valence-electron chi connectivity index (χ3n) is 2.99. The Bertz CT molecular complexity index is 441. The van der Waals surface area contributed by atoms with Crippen molar-refractivity contribution in [2.45, 2.75) is 12.8 Å². The van der Waals surface area contributed by atoms with Gasteiger partial charge in [-0.05, 0) is 12.3 Å². The smallest absolute Gasteiger partial charge is 0.303 e. The average Bonchev–Trinajstić information content (AvgIpc) is 2.85. The van der Waals surface area contributed by atoms with Crippen LogP contribution in [0.3, 0.4) is 0 Å². The van der Waals surface area contributed by atoms with E-state index in [9.17, 15) is 9.59 Å². The molecule has 1 amide bonds. The van der Waals surface area contributed by atoms with Crippen molar-refractivity contribution in [2.24, 2.45) is 13.0 Å². The molecule has 1 atom stereocenters. The maximum absolute atomic E-state index is 12.0. The summed E-state index contributed by atoms with van der Waals surface area (Å²) in [6, 6.07) is 0. The van der Waals surface area contributed by atoms with Crippen molar-refractivity contribution in [2.75, 3.05) is 13.1 Å². The van der Waals surface area contributed by atoms with Crippen LogP contribution in [0.25, 0.3) is 0 Å². The molecule has 2 heterocycles. The van der Waals surface area contributed by atoms with Crippen LogP contribution in [0.15, 0.2) is 12.4 Å². The Morgan fingerprint density at radius 1 is 1.59 bits per heavy atom. The number of carbonyl (C=O) groups is 2. The molecule has 0 spiro atoms. The summed E-state index contributed by atoms with van der Waals surface area (Å²) in [7, 11) is 1.76. The van der Waals surface area contributed by atoms with Crippen LogP contribution in [0, 0.1) is 5.92 Å². The number of hydrogen-bond donors (Lipinski definition) is 1. The number of carboxylic acids is 1. The zero-order valence-electron chi connectivity index (χ0n) is 9.67. The van der Waals surface area contributed by atoms with Gasteiger partial charge < -0.3 is 10.0 Å². The Hall–Kier alpha value is -1.85. The van der Waals surface area contributed by atoms with Gasteiger partial charge in [-0.2, -0.15) is 5.10 Å². The Balaban J connectivity index is 1.96. The molecular weight excluding hydrogens is 222 g/mol. The third kappa shape index (κ3) is 2.64. The first-order valence-corrected chi connectivity index (χ1v) is 5.56. The fraction of sp³-hybridized carbons (Fsp3) is 0.545. The van der Waals surface area contributed by atoms with Crippen LogP contribution in [-0.4, -0.2) is 44.8 Å². The van der Waals surface area contributed by atoms with Crippen molar-refractivity contribution < 1.29 is 14.7 Å².